The molecule has 1 aromatic rings. The lowest BCUT2D eigenvalue weighted by molar-refractivity contribution is -0.118. The average molecular weight is 340 g/mol. The lowest BCUT2D eigenvalue weighted by atomic mass is 9.53. The Labute approximate surface area is 147 Å². The highest BCUT2D eigenvalue weighted by Gasteiger charge is 2.55. The number of rotatable bonds is 3. The van der Waals surface area contributed by atoms with Gasteiger partial charge in [-0.25, -0.2) is 0 Å². The third-order valence-corrected chi connectivity index (χ3v) is 6.82. The number of allylic oxidation sites excluding steroid dienone is 1. The highest BCUT2D eigenvalue weighted by molar-refractivity contribution is 5.92. The molecular formula is C20H24N2O3. The number of nitrogens with two attached hydrogens (primary N) is 1. The van der Waals surface area contributed by atoms with E-state index in [0.29, 0.717) is 18.2 Å². The minimum atomic E-state index is -0.317. The molecule has 5 nitrogen and oxygen atoms in total. The first-order chi connectivity index (χ1) is 12.1. The molecule has 132 valence electrons. The molecule has 1 heterocycles. The number of fused-ring (bicyclic) bond motifs is 1. The molecule has 1 unspecified atom stereocenters. The van der Waals surface area contributed by atoms with E-state index < -0.39 is 0 Å². The summed E-state index contributed by atoms with van der Waals surface area (Å²) in [4.78, 5) is 19.8. The molecule has 25 heavy (non-hydrogen) atoms. The molecule has 2 fully saturated rings. The van der Waals surface area contributed by atoms with Gasteiger partial charge in [0.2, 0.25) is 0 Å². The molecule has 0 radical (unpaired) electrons. The minimum absolute atomic E-state index is 0.127. The summed E-state index contributed by atoms with van der Waals surface area (Å²) in [6, 6.07) is 4.17. The van der Waals surface area contributed by atoms with Crippen LogP contribution in [0, 0.1) is 11.8 Å². The van der Waals surface area contributed by atoms with Crippen LogP contribution in [0.1, 0.15) is 36.8 Å². The summed E-state index contributed by atoms with van der Waals surface area (Å²) in [6.07, 6.45) is 8.83. The summed E-state index contributed by atoms with van der Waals surface area (Å²) in [5.74, 6) is 7.03. The van der Waals surface area contributed by atoms with Gasteiger partial charge in [-0.3, -0.25) is 9.69 Å². The van der Waals surface area contributed by atoms with Crippen molar-refractivity contribution in [3.05, 3.63) is 35.4 Å². The van der Waals surface area contributed by atoms with Crippen LogP contribution in [-0.4, -0.2) is 34.9 Å². The van der Waals surface area contributed by atoms with Gasteiger partial charge >= 0.3 is 0 Å². The Kier molecular flexibility index (Phi) is 3.28. The number of hydrogen-bond acceptors (Lipinski definition) is 5. The van der Waals surface area contributed by atoms with Crippen LogP contribution in [0.15, 0.2) is 24.3 Å². The molecule has 3 N–H and O–H groups in total. The zero-order valence-electron chi connectivity index (χ0n) is 14.3. The number of carbonyl (C=O) groups excluding carboxylic acids is 1. The number of aromatic hydroxyl groups is 1. The van der Waals surface area contributed by atoms with Gasteiger partial charge in [0.1, 0.15) is 0 Å². The summed E-state index contributed by atoms with van der Waals surface area (Å²) in [5, 5.41) is 10.8. The number of ketones is 1. The number of likely N-dealkylation sites (tertiary alicyclic amines) is 1. The first-order valence-corrected chi connectivity index (χ1v) is 9.29. The average Bonchev–Trinajstić information content (AvgIpc) is 3.41. The van der Waals surface area contributed by atoms with Gasteiger partial charge in [-0.15, -0.1) is 0 Å². The normalized spacial score (nSPS) is 33.7. The van der Waals surface area contributed by atoms with Crippen molar-refractivity contribution in [1.82, 2.24) is 4.90 Å². The monoisotopic (exact) mass is 340 g/mol. The fourth-order valence-electron chi connectivity index (χ4n) is 5.53. The van der Waals surface area contributed by atoms with Crippen molar-refractivity contribution in [2.45, 2.75) is 43.6 Å². The SMILES string of the molecule is NOc1ccc2c(c1O)[C@]13CCN(CC4CC4)[C@H](C2)C1C=CC(=O)C3. The second-order valence-electron chi connectivity index (χ2n) is 8.21. The van der Waals surface area contributed by atoms with Crippen molar-refractivity contribution in [3.8, 4) is 11.5 Å². The van der Waals surface area contributed by atoms with Crippen LogP contribution in [0.5, 0.6) is 11.5 Å². The molecule has 1 saturated heterocycles. The molecular weight excluding hydrogens is 316 g/mol. The molecule has 0 spiro atoms. The van der Waals surface area contributed by atoms with Crippen LogP contribution in [0.3, 0.4) is 0 Å². The summed E-state index contributed by atoms with van der Waals surface area (Å²) in [6.45, 7) is 2.16. The van der Waals surface area contributed by atoms with E-state index >= 15 is 0 Å². The van der Waals surface area contributed by atoms with E-state index in [4.69, 9.17) is 10.7 Å². The summed E-state index contributed by atoms with van der Waals surface area (Å²) in [7, 11) is 0. The molecule has 4 aliphatic rings. The number of hydrogen-bond donors (Lipinski definition) is 2. The van der Waals surface area contributed by atoms with E-state index in [1.54, 1.807) is 12.1 Å². The Morgan fingerprint density at radius 2 is 2.20 bits per heavy atom. The van der Waals surface area contributed by atoms with Gasteiger partial charge in [0.25, 0.3) is 0 Å². The Bertz CT molecular complexity index is 770. The Morgan fingerprint density at radius 3 is 2.96 bits per heavy atom. The highest BCUT2D eigenvalue weighted by Crippen LogP contribution is 2.57. The maximum absolute atomic E-state index is 12.3. The first-order valence-electron chi connectivity index (χ1n) is 9.29. The smallest absolute Gasteiger partial charge is 0.188 e. The third kappa shape index (κ3) is 2.19. The number of piperidine rings is 1. The molecule has 1 aromatic carbocycles. The summed E-state index contributed by atoms with van der Waals surface area (Å²) >= 11 is 0. The predicted octanol–water partition coefficient (Wildman–Crippen LogP) is 2.07. The molecule has 1 aliphatic heterocycles. The largest absolute Gasteiger partial charge is 0.504 e. The van der Waals surface area contributed by atoms with Gasteiger partial charge in [0.05, 0.1) is 0 Å². The van der Waals surface area contributed by atoms with Crippen molar-refractivity contribution in [1.29, 1.82) is 0 Å². The Morgan fingerprint density at radius 1 is 1.36 bits per heavy atom. The van der Waals surface area contributed by atoms with Gasteiger partial charge in [-0.05, 0) is 55.9 Å². The number of nitrogens with zero attached hydrogens (tertiary/aromatic N) is 1. The Balaban J connectivity index is 1.65. The van der Waals surface area contributed by atoms with Crippen LogP contribution >= 0.6 is 0 Å². The maximum atomic E-state index is 12.3. The van der Waals surface area contributed by atoms with Gasteiger partial charge < -0.3 is 9.94 Å². The molecule has 5 heteroatoms. The van der Waals surface area contributed by atoms with Crippen molar-refractivity contribution in [3.63, 3.8) is 0 Å². The molecule has 5 rings (SSSR count). The van der Waals surface area contributed by atoms with E-state index in [-0.39, 0.29) is 22.9 Å². The number of benzene rings is 1. The summed E-state index contributed by atoms with van der Waals surface area (Å²) in [5.41, 5.74) is 1.73. The Hall–Kier alpha value is -1.85. The van der Waals surface area contributed by atoms with Crippen molar-refractivity contribution >= 4 is 5.78 Å². The topological polar surface area (TPSA) is 75.8 Å². The van der Waals surface area contributed by atoms with E-state index in [2.05, 4.69) is 11.0 Å². The number of phenolic OH excluding ortho intramolecular Hbond substituents is 1. The molecule has 0 amide bonds. The molecule has 0 aromatic heterocycles. The summed E-state index contributed by atoms with van der Waals surface area (Å²) < 4.78 is 0. The van der Waals surface area contributed by atoms with Crippen LogP contribution in [0.2, 0.25) is 0 Å². The molecule has 1 saturated carbocycles. The minimum Gasteiger partial charge on any atom is -0.504 e. The van der Waals surface area contributed by atoms with E-state index in [9.17, 15) is 9.90 Å². The quantitative estimate of drug-likeness (QED) is 0.824. The van der Waals surface area contributed by atoms with Crippen LogP contribution < -0.4 is 10.7 Å². The van der Waals surface area contributed by atoms with Gasteiger partial charge in [-0.2, -0.15) is 5.90 Å². The fraction of sp³-hybridized carbons (Fsp3) is 0.550. The van der Waals surface area contributed by atoms with Gasteiger partial charge in [0.15, 0.2) is 17.3 Å². The molecule has 2 bridgehead atoms. The molecule has 3 atom stereocenters. The third-order valence-electron chi connectivity index (χ3n) is 6.82. The lowest BCUT2D eigenvalue weighted by Crippen LogP contribution is -2.61. The number of phenols is 1. The second-order valence-corrected chi connectivity index (χ2v) is 8.21. The van der Waals surface area contributed by atoms with Gasteiger partial charge in [0, 0.05) is 35.9 Å². The van der Waals surface area contributed by atoms with Crippen molar-refractivity contribution < 1.29 is 14.7 Å². The van der Waals surface area contributed by atoms with Crippen LogP contribution in [0.4, 0.5) is 0 Å². The van der Waals surface area contributed by atoms with Crippen LogP contribution in [-0.2, 0) is 16.6 Å². The number of carbonyl (C=O) groups is 1. The van der Waals surface area contributed by atoms with E-state index in [1.165, 1.54) is 19.4 Å². The molecule has 3 aliphatic carbocycles. The first kappa shape index (κ1) is 15.4. The zero-order valence-corrected chi connectivity index (χ0v) is 14.3. The van der Waals surface area contributed by atoms with Crippen LogP contribution in [0.25, 0.3) is 0 Å². The zero-order chi connectivity index (χ0) is 17.2. The van der Waals surface area contributed by atoms with E-state index in [0.717, 1.165) is 36.4 Å². The van der Waals surface area contributed by atoms with Crippen molar-refractivity contribution in [2.75, 3.05) is 13.1 Å². The fourth-order valence-corrected chi connectivity index (χ4v) is 5.53. The lowest BCUT2D eigenvalue weighted by Gasteiger charge is -2.57. The highest BCUT2D eigenvalue weighted by atomic mass is 16.6. The second kappa shape index (κ2) is 5.32. The van der Waals surface area contributed by atoms with Crippen molar-refractivity contribution in [2.24, 2.45) is 17.7 Å². The van der Waals surface area contributed by atoms with E-state index in [1.807, 2.05) is 6.07 Å². The maximum Gasteiger partial charge on any atom is 0.188 e. The van der Waals surface area contributed by atoms with Gasteiger partial charge in [-0.1, -0.05) is 12.1 Å². The predicted molar refractivity (Wildman–Crippen MR) is 93.3 cm³/mol. The standard InChI is InChI=1S/C20H24N2O3/c21-25-17-6-3-13-9-16-15-5-4-14(23)10-20(15,18(13)19(17)24)7-8-22(16)11-12-1-2-12/h3-6,12,15-16,24H,1-2,7-11,21H2/t15?,16-,20+/m1/s1.